The largest absolute Gasteiger partial charge is 0.456 e. The summed E-state index contributed by atoms with van der Waals surface area (Å²) < 4.78 is 5.47. The van der Waals surface area contributed by atoms with E-state index in [1.54, 1.807) is 0 Å². The number of ether oxygens (including phenoxy) is 1. The van der Waals surface area contributed by atoms with Gasteiger partial charge in [0.05, 0.1) is 0 Å². The van der Waals surface area contributed by atoms with Gasteiger partial charge in [-0.2, -0.15) is 0 Å². The summed E-state index contributed by atoms with van der Waals surface area (Å²) in [6, 6.07) is 6.14. The maximum atomic E-state index is 12.4. The van der Waals surface area contributed by atoms with Gasteiger partial charge >= 0.3 is 5.97 Å². The zero-order valence-electron chi connectivity index (χ0n) is 13.1. The number of benzene rings is 1. The molecular weight excluding hydrogens is 282 g/mol. The summed E-state index contributed by atoms with van der Waals surface area (Å²) in [5, 5.41) is 2.41. The fraction of sp³-hybridized carbons (Fsp3) is 0.353. The molecule has 1 aromatic heterocycles. The molecule has 2 rings (SSSR count). The average molecular weight is 303 g/mol. The first-order chi connectivity index (χ1) is 9.69. The first-order valence-corrected chi connectivity index (χ1v) is 7.75. The third-order valence-corrected chi connectivity index (χ3v) is 4.05. The van der Waals surface area contributed by atoms with E-state index in [1.165, 1.54) is 22.5 Å². The lowest BCUT2D eigenvalue weighted by Gasteiger charge is -2.20. The molecule has 0 bridgehead atoms. The SMILES string of the molecule is Cc1ccc(-c2csc(N)c2C(=O)OC(C)(C)C)cc1C. The molecule has 4 heteroatoms. The zero-order chi connectivity index (χ0) is 15.8. The van der Waals surface area contributed by atoms with Crippen molar-refractivity contribution in [2.45, 2.75) is 40.2 Å². The minimum absolute atomic E-state index is 0.366. The maximum absolute atomic E-state index is 12.4. The molecular formula is C17H21NO2S. The fourth-order valence-electron chi connectivity index (χ4n) is 2.03. The van der Waals surface area contributed by atoms with Gasteiger partial charge in [-0.15, -0.1) is 11.3 Å². The Morgan fingerprint density at radius 2 is 1.86 bits per heavy atom. The lowest BCUT2D eigenvalue weighted by atomic mass is 9.99. The molecule has 0 saturated heterocycles. The Hall–Kier alpha value is -1.81. The molecule has 0 unspecified atom stereocenters. The molecule has 0 aliphatic heterocycles. The Kier molecular flexibility index (Phi) is 4.10. The van der Waals surface area contributed by atoms with Crippen molar-refractivity contribution in [2.75, 3.05) is 5.73 Å². The third kappa shape index (κ3) is 3.45. The highest BCUT2D eigenvalue weighted by Crippen LogP contribution is 2.35. The first-order valence-electron chi connectivity index (χ1n) is 6.87. The van der Waals surface area contributed by atoms with Gasteiger partial charge in [-0.05, 0) is 51.3 Å². The predicted molar refractivity (Wildman–Crippen MR) is 88.8 cm³/mol. The van der Waals surface area contributed by atoms with E-state index in [0.29, 0.717) is 10.6 Å². The van der Waals surface area contributed by atoms with E-state index in [1.807, 2.05) is 32.2 Å². The summed E-state index contributed by atoms with van der Waals surface area (Å²) in [5.74, 6) is -0.366. The molecule has 1 aromatic carbocycles. The summed E-state index contributed by atoms with van der Waals surface area (Å²) in [6.07, 6.45) is 0. The molecule has 0 fully saturated rings. The second-order valence-electron chi connectivity index (χ2n) is 6.19. The standard InChI is InChI=1S/C17H21NO2S/c1-10-6-7-12(8-11(10)2)13-9-21-15(18)14(13)16(19)20-17(3,4)5/h6-9H,18H2,1-5H3. The van der Waals surface area contributed by atoms with Crippen LogP contribution < -0.4 is 5.73 Å². The molecule has 0 aliphatic rings. The van der Waals surface area contributed by atoms with Crippen molar-refractivity contribution in [1.29, 1.82) is 0 Å². The number of hydrogen-bond donors (Lipinski definition) is 1. The molecule has 0 spiro atoms. The van der Waals surface area contributed by atoms with Crippen LogP contribution in [0.25, 0.3) is 11.1 Å². The number of anilines is 1. The van der Waals surface area contributed by atoms with E-state index in [9.17, 15) is 4.79 Å². The van der Waals surface area contributed by atoms with Crippen LogP contribution >= 0.6 is 11.3 Å². The van der Waals surface area contributed by atoms with Gasteiger partial charge in [0.1, 0.15) is 16.2 Å². The van der Waals surface area contributed by atoms with Crippen LogP contribution in [0.2, 0.25) is 0 Å². The third-order valence-electron chi connectivity index (χ3n) is 3.24. The number of aryl methyl sites for hydroxylation is 2. The number of hydrogen-bond acceptors (Lipinski definition) is 4. The monoisotopic (exact) mass is 303 g/mol. The van der Waals surface area contributed by atoms with Crippen LogP contribution in [-0.4, -0.2) is 11.6 Å². The minimum atomic E-state index is -0.536. The predicted octanol–water partition coefficient (Wildman–Crippen LogP) is 4.57. The van der Waals surface area contributed by atoms with Crippen molar-refractivity contribution in [3.8, 4) is 11.1 Å². The van der Waals surface area contributed by atoms with E-state index in [-0.39, 0.29) is 5.97 Å². The van der Waals surface area contributed by atoms with Gasteiger partial charge in [0.25, 0.3) is 0 Å². The Bertz CT molecular complexity index is 681. The number of carbonyl (C=O) groups excluding carboxylic acids is 1. The van der Waals surface area contributed by atoms with Gasteiger partial charge < -0.3 is 10.5 Å². The van der Waals surface area contributed by atoms with E-state index >= 15 is 0 Å². The van der Waals surface area contributed by atoms with E-state index < -0.39 is 5.60 Å². The molecule has 2 aromatic rings. The van der Waals surface area contributed by atoms with Crippen LogP contribution in [0.3, 0.4) is 0 Å². The summed E-state index contributed by atoms with van der Waals surface area (Å²) in [4.78, 5) is 12.4. The number of nitrogen functional groups attached to an aromatic ring is 1. The number of esters is 1. The van der Waals surface area contributed by atoms with Crippen LogP contribution in [0.4, 0.5) is 5.00 Å². The van der Waals surface area contributed by atoms with Crippen LogP contribution in [0.15, 0.2) is 23.6 Å². The second-order valence-corrected chi connectivity index (χ2v) is 7.10. The van der Waals surface area contributed by atoms with Crippen molar-refractivity contribution < 1.29 is 9.53 Å². The molecule has 0 atom stereocenters. The van der Waals surface area contributed by atoms with Crippen molar-refractivity contribution in [3.05, 3.63) is 40.3 Å². The van der Waals surface area contributed by atoms with Crippen LogP contribution in [0, 0.1) is 13.8 Å². The summed E-state index contributed by atoms with van der Waals surface area (Å²) in [6.45, 7) is 9.67. The molecule has 21 heavy (non-hydrogen) atoms. The average Bonchev–Trinajstić information content (AvgIpc) is 2.72. The number of thiophene rings is 1. The van der Waals surface area contributed by atoms with Gasteiger partial charge in [-0.25, -0.2) is 4.79 Å². The molecule has 1 heterocycles. The Morgan fingerprint density at radius 3 is 2.43 bits per heavy atom. The van der Waals surface area contributed by atoms with Gasteiger partial charge in [-0.1, -0.05) is 18.2 Å². The molecule has 0 amide bonds. The molecule has 3 nitrogen and oxygen atoms in total. The van der Waals surface area contributed by atoms with Crippen LogP contribution in [0.1, 0.15) is 42.3 Å². The first kappa shape index (κ1) is 15.6. The lowest BCUT2D eigenvalue weighted by Crippen LogP contribution is -2.24. The van der Waals surface area contributed by atoms with Crippen molar-refractivity contribution >= 4 is 22.3 Å². The molecule has 0 aliphatic carbocycles. The highest BCUT2D eigenvalue weighted by molar-refractivity contribution is 7.14. The summed E-state index contributed by atoms with van der Waals surface area (Å²) in [7, 11) is 0. The normalized spacial score (nSPS) is 11.5. The lowest BCUT2D eigenvalue weighted by molar-refractivity contribution is 0.00722. The van der Waals surface area contributed by atoms with Gasteiger partial charge in [0.15, 0.2) is 0 Å². The van der Waals surface area contributed by atoms with Crippen LogP contribution in [0.5, 0.6) is 0 Å². The van der Waals surface area contributed by atoms with E-state index in [0.717, 1.165) is 11.1 Å². The highest BCUT2D eigenvalue weighted by Gasteiger charge is 2.24. The number of nitrogens with two attached hydrogens (primary N) is 1. The van der Waals surface area contributed by atoms with Crippen molar-refractivity contribution in [3.63, 3.8) is 0 Å². The summed E-state index contributed by atoms with van der Waals surface area (Å²) >= 11 is 1.37. The highest BCUT2D eigenvalue weighted by atomic mass is 32.1. The molecule has 112 valence electrons. The van der Waals surface area contributed by atoms with Crippen molar-refractivity contribution in [1.82, 2.24) is 0 Å². The quantitative estimate of drug-likeness (QED) is 0.827. The summed E-state index contributed by atoms with van der Waals surface area (Å²) in [5.41, 5.74) is 10.2. The fourth-order valence-corrected chi connectivity index (χ4v) is 2.84. The van der Waals surface area contributed by atoms with E-state index in [2.05, 4.69) is 26.0 Å². The Morgan fingerprint density at radius 1 is 1.19 bits per heavy atom. The second kappa shape index (κ2) is 5.53. The topological polar surface area (TPSA) is 52.3 Å². The smallest absolute Gasteiger partial charge is 0.342 e. The van der Waals surface area contributed by atoms with Gasteiger partial charge in [-0.3, -0.25) is 0 Å². The Labute approximate surface area is 129 Å². The maximum Gasteiger partial charge on any atom is 0.342 e. The molecule has 0 saturated carbocycles. The minimum Gasteiger partial charge on any atom is -0.456 e. The van der Waals surface area contributed by atoms with Gasteiger partial charge in [0, 0.05) is 10.9 Å². The van der Waals surface area contributed by atoms with Gasteiger partial charge in [0.2, 0.25) is 0 Å². The van der Waals surface area contributed by atoms with Crippen molar-refractivity contribution in [2.24, 2.45) is 0 Å². The number of rotatable bonds is 2. The Balaban J connectivity index is 2.47. The van der Waals surface area contributed by atoms with E-state index in [4.69, 9.17) is 10.5 Å². The molecule has 2 N–H and O–H groups in total. The van der Waals surface area contributed by atoms with Crippen LogP contribution in [-0.2, 0) is 4.74 Å². The zero-order valence-corrected chi connectivity index (χ0v) is 13.9. The number of carbonyl (C=O) groups is 1. The molecule has 0 radical (unpaired) electrons.